The molecule has 4 bridgehead atoms. The molecular weight excluding hydrogens is 420 g/mol. The maximum absolute atomic E-state index is 11.4. The van der Waals surface area contributed by atoms with Gasteiger partial charge in [0.15, 0.2) is 0 Å². The Kier molecular flexibility index (Phi) is 5.02. The van der Waals surface area contributed by atoms with E-state index in [2.05, 4.69) is 41.8 Å². The summed E-state index contributed by atoms with van der Waals surface area (Å²) in [4.78, 5) is 16.2. The quantitative estimate of drug-likeness (QED) is 0.423. The fourth-order valence-corrected chi connectivity index (χ4v) is 7.60. The number of hydrogen-bond donors (Lipinski definition) is 1. The minimum atomic E-state index is -0.914. The monoisotopic (exact) mass is 452 g/mol. The molecule has 1 aromatic heterocycles. The van der Waals surface area contributed by atoms with Crippen molar-refractivity contribution in [1.82, 2.24) is 4.57 Å². The molecule has 0 atom stereocenters. The zero-order chi connectivity index (χ0) is 23.4. The number of rotatable bonds is 5. The zero-order valence-corrected chi connectivity index (χ0v) is 20.0. The minimum Gasteiger partial charge on any atom is -0.478 e. The highest BCUT2D eigenvalue weighted by Crippen LogP contribution is 2.60. The molecule has 0 amide bonds. The summed E-state index contributed by atoms with van der Waals surface area (Å²) in [6.07, 6.45) is 10.5. The SMILES string of the molecule is Cc1cc(C=Nc2ccc(C34CC5CC(CC(C5)C3)C4)cc2)c(C)n1-c1cccc(C(=O)O)c1. The van der Waals surface area contributed by atoms with Crippen LogP contribution in [0.5, 0.6) is 0 Å². The highest BCUT2D eigenvalue weighted by atomic mass is 16.4. The Balaban J connectivity index is 1.24. The molecule has 4 saturated carbocycles. The Morgan fingerprint density at radius 1 is 0.971 bits per heavy atom. The van der Waals surface area contributed by atoms with Gasteiger partial charge in [0.1, 0.15) is 0 Å². The van der Waals surface area contributed by atoms with Crippen molar-refractivity contribution in [3.05, 3.63) is 82.7 Å². The topological polar surface area (TPSA) is 54.6 Å². The zero-order valence-electron chi connectivity index (χ0n) is 20.0. The summed E-state index contributed by atoms with van der Waals surface area (Å²) in [6, 6.07) is 18.2. The molecule has 2 aromatic carbocycles. The number of carboxylic acid groups (broad SMARTS) is 1. The predicted molar refractivity (Wildman–Crippen MR) is 136 cm³/mol. The average Bonchev–Trinajstić information content (AvgIpc) is 3.10. The Labute approximate surface area is 201 Å². The fraction of sp³-hybridized carbons (Fsp3) is 0.400. The van der Waals surface area contributed by atoms with Gasteiger partial charge in [-0.15, -0.1) is 0 Å². The van der Waals surface area contributed by atoms with Gasteiger partial charge in [-0.05, 0) is 118 Å². The fourth-order valence-electron chi connectivity index (χ4n) is 7.60. The Morgan fingerprint density at radius 3 is 2.24 bits per heavy atom. The van der Waals surface area contributed by atoms with Gasteiger partial charge in [-0.3, -0.25) is 4.99 Å². The van der Waals surface area contributed by atoms with Crippen molar-refractivity contribution in [1.29, 1.82) is 0 Å². The van der Waals surface area contributed by atoms with E-state index in [1.807, 2.05) is 19.2 Å². The van der Waals surface area contributed by atoms with Gasteiger partial charge >= 0.3 is 5.97 Å². The predicted octanol–water partition coefficient (Wildman–Crippen LogP) is 7.01. The van der Waals surface area contributed by atoms with Crippen LogP contribution < -0.4 is 0 Å². The maximum Gasteiger partial charge on any atom is 0.335 e. The Hall–Kier alpha value is -3.14. The third-order valence-corrected chi connectivity index (χ3v) is 8.69. The van der Waals surface area contributed by atoms with Gasteiger partial charge in [0, 0.05) is 28.9 Å². The van der Waals surface area contributed by atoms with E-state index in [0.29, 0.717) is 11.0 Å². The molecule has 34 heavy (non-hydrogen) atoms. The van der Waals surface area contributed by atoms with Gasteiger partial charge in [-0.25, -0.2) is 4.79 Å². The third-order valence-electron chi connectivity index (χ3n) is 8.69. The lowest BCUT2D eigenvalue weighted by Gasteiger charge is -2.57. The van der Waals surface area contributed by atoms with Gasteiger partial charge in [0.2, 0.25) is 0 Å². The van der Waals surface area contributed by atoms with Crippen molar-refractivity contribution >= 4 is 17.9 Å². The smallest absolute Gasteiger partial charge is 0.335 e. The first-order valence-electron chi connectivity index (χ1n) is 12.6. The molecule has 1 heterocycles. The van der Waals surface area contributed by atoms with Crippen molar-refractivity contribution in [3.8, 4) is 5.69 Å². The summed E-state index contributed by atoms with van der Waals surface area (Å²) in [5.74, 6) is 1.95. The first-order chi connectivity index (χ1) is 16.4. The second-order valence-electron chi connectivity index (χ2n) is 11.0. The first-order valence-corrected chi connectivity index (χ1v) is 12.6. The molecule has 4 fully saturated rings. The first kappa shape index (κ1) is 21.4. The number of aliphatic imine (C=N–C) groups is 1. The van der Waals surface area contributed by atoms with E-state index in [4.69, 9.17) is 4.99 Å². The normalized spacial score (nSPS) is 27.5. The number of aromatic nitrogens is 1. The van der Waals surface area contributed by atoms with Crippen LogP contribution in [0.1, 0.15) is 71.4 Å². The molecule has 174 valence electrons. The molecule has 0 saturated heterocycles. The van der Waals surface area contributed by atoms with Gasteiger partial charge in [0.05, 0.1) is 11.3 Å². The lowest BCUT2D eigenvalue weighted by Crippen LogP contribution is -2.48. The highest BCUT2D eigenvalue weighted by molar-refractivity contribution is 5.88. The van der Waals surface area contributed by atoms with E-state index in [-0.39, 0.29) is 0 Å². The summed E-state index contributed by atoms with van der Waals surface area (Å²) in [5.41, 5.74) is 7.23. The molecule has 0 radical (unpaired) electrons. The molecule has 3 aromatic rings. The standard InChI is InChI=1S/C30H32N2O2/c1-19-10-25(20(2)32(19)28-5-3-4-24(14-28)29(33)34)18-31-27-8-6-26(7-9-27)30-15-21-11-22(16-30)13-23(12-21)17-30/h3-10,14,18,21-23H,11-13,15-17H2,1-2H3,(H,33,34). The van der Waals surface area contributed by atoms with Gasteiger partial charge in [0.25, 0.3) is 0 Å². The van der Waals surface area contributed by atoms with Gasteiger partial charge < -0.3 is 9.67 Å². The number of benzene rings is 2. The van der Waals surface area contributed by atoms with E-state index in [1.165, 1.54) is 44.1 Å². The van der Waals surface area contributed by atoms with Crippen molar-refractivity contribution in [2.75, 3.05) is 0 Å². The lowest BCUT2D eigenvalue weighted by molar-refractivity contribution is -0.00518. The van der Waals surface area contributed by atoms with E-state index >= 15 is 0 Å². The van der Waals surface area contributed by atoms with E-state index in [0.717, 1.165) is 46.1 Å². The molecule has 1 N–H and O–H groups in total. The van der Waals surface area contributed by atoms with Crippen LogP contribution in [-0.4, -0.2) is 21.9 Å². The van der Waals surface area contributed by atoms with Crippen molar-refractivity contribution in [3.63, 3.8) is 0 Å². The molecule has 0 aliphatic heterocycles. The molecular formula is C30H32N2O2. The van der Waals surface area contributed by atoms with Crippen molar-refractivity contribution in [2.45, 2.75) is 57.8 Å². The van der Waals surface area contributed by atoms with Crippen molar-refractivity contribution in [2.24, 2.45) is 22.7 Å². The molecule has 4 heteroatoms. The minimum absolute atomic E-state index is 0.291. The summed E-state index contributed by atoms with van der Waals surface area (Å²) >= 11 is 0. The number of hydrogen-bond acceptors (Lipinski definition) is 2. The van der Waals surface area contributed by atoms with Crippen LogP contribution in [0.15, 0.2) is 59.6 Å². The Morgan fingerprint density at radius 2 is 1.62 bits per heavy atom. The molecule has 0 spiro atoms. The average molecular weight is 453 g/mol. The highest BCUT2D eigenvalue weighted by Gasteiger charge is 2.51. The van der Waals surface area contributed by atoms with Gasteiger partial charge in [-0.1, -0.05) is 18.2 Å². The largest absolute Gasteiger partial charge is 0.478 e. The molecule has 4 nitrogen and oxygen atoms in total. The lowest BCUT2D eigenvalue weighted by atomic mass is 9.48. The van der Waals surface area contributed by atoms with Crippen LogP contribution in [-0.2, 0) is 5.41 Å². The summed E-state index contributed by atoms with van der Waals surface area (Å²) in [7, 11) is 0. The summed E-state index contributed by atoms with van der Waals surface area (Å²) in [5, 5.41) is 9.35. The Bertz CT molecular complexity index is 1250. The second-order valence-corrected chi connectivity index (χ2v) is 11.0. The number of aromatic carboxylic acids is 1. The number of carboxylic acids is 1. The van der Waals surface area contributed by atoms with E-state index < -0.39 is 5.97 Å². The second kappa shape index (κ2) is 7.97. The maximum atomic E-state index is 11.4. The van der Waals surface area contributed by atoms with Crippen LogP contribution in [0.3, 0.4) is 0 Å². The number of nitrogens with zero attached hydrogens (tertiary/aromatic N) is 2. The van der Waals surface area contributed by atoms with Crippen LogP contribution >= 0.6 is 0 Å². The van der Waals surface area contributed by atoms with Gasteiger partial charge in [-0.2, -0.15) is 0 Å². The third kappa shape index (κ3) is 3.60. The number of carbonyl (C=O) groups is 1. The van der Waals surface area contributed by atoms with E-state index in [1.54, 1.807) is 18.2 Å². The molecule has 7 rings (SSSR count). The van der Waals surface area contributed by atoms with Crippen molar-refractivity contribution < 1.29 is 9.90 Å². The molecule has 0 unspecified atom stereocenters. The summed E-state index contributed by atoms with van der Waals surface area (Å²) in [6.45, 7) is 4.09. The van der Waals surface area contributed by atoms with Crippen LogP contribution in [0.2, 0.25) is 0 Å². The summed E-state index contributed by atoms with van der Waals surface area (Å²) < 4.78 is 2.09. The van der Waals surface area contributed by atoms with Crippen LogP contribution in [0.4, 0.5) is 5.69 Å². The molecule has 4 aliphatic rings. The van der Waals surface area contributed by atoms with Crippen LogP contribution in [0.25, 0.3) is 5.69 Å². The van der Waals surface area contributed by atoms with Crippen LogP contribution in [0, 0.1) is 31.6 Å². The molecule has 4 aliphatic carbocycles. The number of aryl methyl sites for hydroxylation is 1. The van der Waals surface area contributed by atoms with E-state index in [9.17, 15) is 9.90 Å².